The molecule has 0 bridgehead atoms. The predicted octanol–water partition coefficient (Wildman–Crippen LogP) is 3.24. The molecule has 0 saturated carbocycles. The van der Waals surface area contributed by atoms with Gasteiger partial charge in [0.05, 0.1) is 0 Å². The fourth-order valence-corrected chi connectivity index (χ4v) is 3.21. The zero-order valence-electron chi connectivity index (χ0n) is 14.3. The van der Waals surface area contributed by atoms with E-state index < -0.39 is 0 Å². The van der Waals surface area contributed by atoms with E-state index >= 15 is 0 Å². The first kappa shape index (κ1) is 16.1. The van der Waals surface area contributed by atoms with Crippen molar-refractivity contribution in [2.24, 2.45) is 0 Å². The van der Waals surface area contributed by atoms with E-state index in [0.29, 0.717) is 12.1 Å². The van der Waals surface area contributed by atoms with E-state index in [1.807, 2.05) is 36.4 Å². The highest BCUT2D eigenvalue weighted by atomic mass is 16.2. The highest BCUT2D eigenvalue weighted by Gasteiger charge is 2.23. The molecular weight excluding hydrogens is 328 g/mol. The van der Waals surface area contributed by atoms with E-state index in [-0.39, 0.29) is 11.8 Å². The van der Waals surface area contributed by atoms with Crippen LogP contribution in [-0.2, 0) is 11.2 Å². The lowest BCUT2D eigenvalue weighted by molar-refractivity contribution is -0.116. The van der Waals surface area contributed by atoms with Crippen molar-refractivity contribution in [1.82, 2.24) is 9.97 Å². The first-order valence-electron chi connectivity index (χ1n) is 8.44. The summed E-state index contributed by atoms with van der Waals surface area (Å²) in [5, 5.41) is 2.91. The fourth-order valence-electron chi connectivity index (χ4n) is 3.21. The minimum atomic E-state index is -0.167. The van der Waals surface area contributed by atoms with Gasteiger partial charge in [-0.25, -0.2) is 4.98 Å². The Bertz CT molecular complexity index is 962. The highest BCUT2D eigenvalue weighted by Crippen LogP contribution is 2.29. The first-order chi connectivity index (χ1) is 12.6. The predicted molar refractivity (Wildman–Crippen MR) is 100 cm³/mol. The number of amides is 2. The summed E-state index contributed by atoms with van der Waals surface area (Å²) >= 11 is 0. The molecule has 0 unspecified atom stereocenters. The molecule has 0 fully saturated rings. The molecule has 2 N–H and O–H groups in total. The van der Waals surface area contributed by atoms with E-state index in [2.05, 4.69) is 15.3 Å². The lowest BCUT2D eigenvalue weighted by atomic mass is 10.1. The minimum absolute atomic E-state index is 0.0256. The fraction of sp³-hybridized carbons (Fsp3) is 0.150. The van der Waals surface area contributed by atoms with Crippen LogP contribution in [0.15, 0.2) is 54.9 Å². The summed E-state index contributed by atoms with van der Waals surface area (Å²) in [7, 11) is 0. The molecule has 2 heterocycles. The number of hydrogen-bond donors (Lipinski definition) is 2. The number of H-pyrrole nitrogens is 1. The van der Waals surface area contributed by atoms with Crippen LogP contribution in [0.5, 0.6) is 0 Å². The van der Waals surface area contributed by atoms with Crippen molar-refractivity contribution in [2.75, 3.05) is 16.8 Å². The number of nitrogens with zero attached hydrogens (tertiary/aromatic N) is 2. The summed E-state index contributed by atoms with van der Waals surface area (Å²) < 4.78 is 0. The molecular formula is C20H18N4O2. The number of aromatic nitrogens is 2. The summed E-state index contributed by atoms with van der Waals surface area (Å²) in [5.41, 5.74) is 4.19. The Morgan fingerprint density at radius 3 is 2.65 bits per heavy atom. The van der Waals surface area contributed by atoms with Crippen molar-refractivity contribution in [2.45, 2.75) is 13.3 Å². The summed E-state index contributed by atoms with van der Waals surface area (Å²) in [5.74, 6) is 0.647. The number of benzene rings is 2. The number of fused-ring (bicyclic) bond motifs is 1. The first-order valence-corrected chi connectivity index (χ1v) is 8.44. The molecule has 2 amide bonds. The van der Waals surface area contributed by atoms with Crippen molar-refractivity contribution in [3.05, 3.63) is 66.0 Å². The Labute approximate surface area is 150 Å². The second-order valence-corrected chi connectivity index (χ2v) is 6.23. The van der Waals surface area contributed by atoms with Crippen molar-refractivity contribution < 1.29 is 9.59 Å². The summed E-state index contributed by atoms with van der Waals surface area (Å²) in [4.78, 5) is 33.1. The molecule has 0 aliphatic carbocycles. The number of carbonyl (C=O) groups excluding carboxylic acids is 2. The van der Waals surface area contributed by atoms with Crippen LogP contribution in [0.1, 0.15) is 22.8 Å². The second-order valence-electron chi connectivity index (χ2n) is 6.23. The van der Waals surface area contributed by atoms with Crippen LogP contribution in [-0.4, -0.2) is 28.3 Å². The molecule has 1 aliphatic rings. The number of anilines is 2. The quantitative estimate of drug-likeness (QED) is 0.764. The van der Waals surface area contributed by atoms with Crippen molar-refractivity contribution in [3.8, 4) is 11.4 Å². The Morgan fingerprint density at radius 2 is 1.96 bits per heavy atom. The molecule has 0 radical (unpaired) electrons. The Morgan fingerprint density at radius 1 is 1.15 bits per heavy atom. The van der Waals surface area contributed by atoms with E-state index in [1.54, 1.807) is 30.3 Å². The summed E-state index contributed by atoms with van der Waals surface area (Å²) in [6.07, 6.45) is 4.24. The van der Waals surface area contributed by atoms with E-state index in [1.165, 1.54) is 0 Å². The number of aromatic amines is 1. The van der Waals surface area contributed by atoms with Gasteiger partial charge in [0.15, 0.2) is 0 Å². The lowest BCUT2D eigenvalue weighted by Gasteiger charge is -2.14. The third-order valence-electron chi connectivity index (χ3n) is 4.53. The number of imidazole rings is 1. The number of rotatable bonds is 3. The largest absolute Gasteiger partial charge is 0.345 e. The van der Waals surface area contributed by atoms with Gasteiger partial charge < -0.3 is 15.2 Å². The van der Waals surface area contributed by atoms with Crippen LogP contribution in [0.2, 0.25) is 0 Å². The van der Waals surface area contributed by atoms with Gasteiger partial charge in [-0.3, -0.25) is 9.59 Å². The number of carbonyl (C=O) groups is 2. The van der Waals surface area contributed by atoms with Crippen LogP contribution in [0.3, 0.4) is 0 Å². The highest BCUT2D eigenvalue weighted by molar-refractivity contribution is 6.05. The van der Waals surface area contributed by atoms with Crippen LogP contribution >= 0.6 is 0 Å². The van der Waals surface area contributed by atoms with Crippen LogP contribution in [0, 0.1) is 0 Å². The van der Waals surface area contributed by atoms with Gasteiger partial charge in [-0.1, -0.05) is 0 Å². The smallest absolute Gasteiger partial charge is 0.255 e. The van der Waals surface area contributed by atoms with E-state index in [4.69, 9.17) is 0 Å². The summed E-state index contributed by atoms with van der Waals surface area (Å²) in [6.45, 7) is 2.23. The number of hydrogen-bond acceptors (Lipinski definition) is 3. The van der Waals surface area contributed by atoms with Crippen LogP contribution in [0.25, 0.3) is 11.4 Å². The van der Waals surface area contributed by atoms with Gasteiger partial charge in [-0.15, -0.1) is 0 Å². The van der Waals surface area contributed by atoms with Gasteiger partial charge in [0.1, 0.15) is 5.82 Å². The molecule has 1 aliphatic heterocycles. The van der Waals surface area contributed by atoms with Crippen molar-refractivity contribution in [1.29, 1.82) is 0 Å². The third kappa shape index (κ3) is 2.97. The maximum Gasteiger partial charge on any atom is 0.255 e. The summed E-state index contributed by atoms with van der Waals surface area (Å²) in [6, 6.07) is 13.0. The zero-order chi connectivity index (χ0) is 18.1. The average Bonchev–Trinajstić information content (AvgIpc) is 3.31. The topological polar surface area (TPSA) is 78.1 Å². The van der Waals surface area contributed by atoms with E-state index in [9.17, 15) is 9.59 Å². The normalized spacial score (nSPS) is 12.7. The van der Waals surface area contributed by atoms with Gasteiger partial charge in [-0.05, 0) is 54.4 Å². The van der Waals surface area contributed by atoms with Gasteiger partial charge in [0, 0.05) is 48.4 Å². The monoisotopic (exact) mass is 346 g/mol. The maximum atomic E-state index is 12.5. The van der Waals surface area contributed by atoms with Crippen LogP contribution in [0.4, 0.5) is 11.4 Å². The molecule has 6 heteroatoms. The Kier molecular flexibility index (Phi) is 4.01. The zero-order valence-corrected chi connectivity index (χ0v) is 14.3. The van der Waals surface area contributed by atoms with Gasteiger partial charge in [0.25, 0.3) is 5.91 Å². The van der Waals surface area contributed by atoms with E-state index in [0.717, 1.165) is 34.7 Å². The lowest BCUT2D eigenvalue weighted by Crippen LogP contribution is -2.25. The van der Waals surface area contributed by atoms with Gasteiger partial charge >= 0.3 is 0 Å². The molecule has 3 aromatic rings. The molecule has 130 valence electrons. The minimum Gasteiger partial charge on any atom is -0.345 e. The molecule has 0 saturated heterocycles. The third-order valence-corrected chi connectivity index (χ3v) is 4.53. The van der Waals surface area contributed by atoms with Crippen molar-refractivity contribution in [3.63, 3.8) is 0 Å². The van der Waals surface area contributed by atoms with Gasteiger partial charge in [-0.2, -0.15) is 0 Å². The Hall–Kier alpha value is -3.41. The molecule has 0 atom stereocenters. The number of nitrogens with one attached hydrogen (secondary N) is 2. The average molecular weight is 346 g/mol. The maximum absolute atomic E-state index is 12.5. The molecule has 2 aromatic carbocycles. The second kappa shape index (κ2) is 6.48. The standard InChI is InChI=1S/C20H18N4O2/c1-13(25)24-11-8-15-12-16(4-7-18(15)24)20(26)23-17-5-2-14(3-6-17)19-21-9-10-22-19/h2-7,9-10,12H,8,11H2,1H3,(H,21,22)(H,23,26). The van der Waals surface area contributed by atoms with Crippen LogP contribution < -0.4 is 10.2 Å². The molecule has 4 rings (SSSR count). The molecule has 0 spiro atoms. The van der Waals surface area contributed by atoms with Crippen molar-refractivity contribution >= 4 is 23.2 Å². The SMILES string of the molecule is CC(=O)N1CCc2cc(C(=O)Nc3ccc(-c4ncc[nH]4)cc3)ccc21. The van der Waals surface area contributed by atoms with Gasteiger partial charge in [0.2, 0.25) is 5.91 Å². The molecule has 26 heavy (non-hydrogen) atoms. The molecule has 6 nitrogen and oxygen atoms in total. The molecule has 1 aromatic heterocycles. The Balaban J connectivity index is 1.49.